The van der Waals surface area contributed by atoms with Crippen molar-refractivity contribution in [2.75, 3.05) is 6.61 Å². The molecule has 2 N–H and O–H groups in total. The lowest BCUT2D eigenvalue weighted by Gasteiger charge is -2.17. The van der Waals surface area contributed by atoms with Gasteiger partial charge < -0.3 is 10.5 Å². The number of hydrogen-bond acceptors (Lipinski definition) is 3. The van der Waals surface area contributed by atoms with Crippen LogP contribution in [0.4, 0.5) is 0 Å². The molecule has 0 radical (unpaired) electrons. The lowest BCUT2D eigenvalue weighted by molar-refractivity contribution is 0.283. The van der Waals surface area contributed by atoms with Gasteiger partial charge in [-0.05, 0) is 24.5 Å². The molecule has 0 saturated carbocycles. The van der Waals surface area contributed by atoms with E-state index in [1.807, 2.05) is 18.2 Å². The lowest BCUT2D eigenvalue weighted by atomic mass is 10.0. The molecular formula is C14H20N2O. The zero-order valence-corrected chi connectivity index (χ0v) is 10.7. The van der Waals surface area contributed by atoms with Crippen LogP contribution in [0.2, 0.25) is 0 Å². The van der Waals surface area contributed by atoms with Gasteiger partial charge in [0.2, 0.25) is 0 Å². The Bertz CT molecular complexity index is 405. The third-order valence-corrected chi connectivity index (χ3v) is 2.68. The molecular weight excluding hydrogens is 212 g/mol. The first-order valence-corrected chi connectivity index (χ1v) is 5.88. The van der Waals surface area contributed by atoms with Crippen molar-refractivity contribution in [3.8, 4) is 11.8 Å². The van der Waals surface area contributed by atoms with Gasteiger partial charge in [-0.3, -0.25) is 0 Å². The maximum atomic E-state index is 8.80. The highest BCUT2D eigenvalue weighted by Crippen LogP contribution is 2.26. The van der Waals surface area contributed by atoms with E-state index in [4.69, 9.17) is 15.7 Å². The average Bonchev–Trinajstić information content (AvgIpc) is 2.29. The van der Waals surface area contributed by atoms with E-state index in [0.717, 1.165) is 5.75 Å². The first kappa shape index (κ1) is 13.5. The molecule has 0 fully saturated rings. The number of rotatable bonds is 5. The minimum Gasteiger partial charge on any atom is -0.493 e. The highest BCUT2D eigenvalue weighted by molar-refractivity contribution is 5.35. The van der Waals surface area contributed by atoms with E-state index < -0.39 is 5.54 Å². The monoisotopic (exact) mass is 232 g/mol. The van der Waals surface area contributed by atoms with E-state index in [1.165, 1.54) is 5.56 Å². The predicted molar refractivity (Wildman–Crippen MR) is 68.8 cm³/mol. The quantitative estimate of drug-likeness (QED) is 0.849. The Balaban J connectivity index is 2.62. The summed E-state index contributed by atoms with van der Waals surface area (Å²) in [6.45, 7) is 6.43. The van der Waals surface area contributed by atoms with Gasteiger partial charge in [0.25, 0.3) is 0 Å². The van der Waals surface area contributed by atoms with Crippen LogP contribution in [0.5, 0.6) is 5.75 Å². The highest BCUT2D eigenvalue weighted by Gasteiger charge is 2.17. The minimum atomic E-state index is -0.813. The second-order valence-electron chi connectivity index (χ2n) is 4.82. The highest BCUT2D eigenvalue weighted by atomic mass is 16.5. The molecule has 0 bridgehead atoms. The van der Waals surface area contributed by atoms with E-state index in [-0.39, 0.29) is 0 Å². The van der Waals surface area contributed by atoms with Gasteiger partial charge in [0.05, 0.1) is 12.7 Å². The number of nitrogens with two attached hydrogens (primary N) is 1. The molecule has 0 aliphatic heterocycles. The van der Waals surface area contributed by atoms with Crippen molar-refractivity contribution in [1.82, 2.24) is 0 Å². The van der Waals surface area contributed by atoms with Crippen LogP contribution in [0.25, 0.3) is 0 Å². The number of para-hydroxylation sites is 1. The van der Waals surface area contributed by atoms with Crippen LogP contribution in [0, 0.1) is 11.3 Å². The van der Waals surface area contributed by atoms with Crippen molar-refractivity contribution >= 4 is 0 Å². The van der Waals surface area contributed by atoms with Crippen LogP contribution >= 0.6 is 0 Å². The maximum absolute atomic E-state index is 8.80. The van der Waals surface area contributed by atoms with Crippen molar-refractivity contribution in [3.05, 3.63) is 29.8 Å². The van der Waals surface area contributed by atoms with Crippen LogP contribution in [0.1, 0.15) is 38.7 Å². The predicted octanol–water partition coefficient (Wildman–Crippen LogP) is 2.82. The minimum absolute atomic E-state index is 0.423. The van der Waals surface area contributed by atoms with Crippen molar-refractivity contribution < 1.29 is 4.74 Å². The summed E-state index contributed by atoms with van der Waals surface area (Å²) in [6, 6.07) is 10.0. The van der Waals surface area contributed by atoms with E-state index in [1.54, 1.807) is 6.92 Å². The van der Waals surface area contributed by atoms with Crippen molar-refractivity contribution in [3.63, 3.8) is 0 Å². The Labute approximate surface area is 103 Å². The number of ether oxygens (including phenoxy) is 1. The average molecular weight is 232 g/mol. The van der Waals surface area contributed by atoms with Gasteiger partial charge in [-0.2, -0.15) is 5.26 Å². The molecule has 0 aliphatic carbocycles. The fourth-order valence-corrected chi connectivity index (χ4v) is 1.52. The van der Waals surface area contributed by atoms with Gasteiger partial charge >= 0.3 is 0 Å². The molecule has 0 heterocycles. The summed E-state index contributed by atoms with van der Waals surface area (Å²) in [5, 5.41) is 8.80. The Morgan fingerprint density at radius 3 is 2.65 bits per heavy atom. The van der Waals surface area contributed by atoms with E-state index in [9.17, 15) is 0 Å². The van der Waals surface area contributed by atoms with Gasteiger partial charge in [0, 0.05) is 6.42 Å². The summed E-state index contributed by atoms with van der Waals surface area (Å²) in [6.07, 6.45) is 0.524. The Hall–Kier alpha value is -1.53. The largest absolute Gasteiger partial charge is 0.493 e. The van der Waals surface area contributed by atoms with Crippen LogP contribution in [0.3, 0.4) is 0 Å². The molecule has 0 spiro atoms. The van der Waals surface area contributed by atoms with Gasteiger partial charge in [0.15, 0.2) is 0 Å². The summed E-state index contributed by atoms with van der Waals surface area (Å²) >= 11 is 0. The second-order valence-corrected chi connectivity index (χ2v) is 4.82. The van der Waals surface area contributed by atoms with Crippen LogP contribution in [0.15, 0.2) is 24.3 Å². The van der Waals surface area contributed by atoms with Gasteiger partial charge in [-0.1, -0.05) is 32.0 Å². The standard InChI is InChI=1S/C14H20N2O/c1-11(2)12-6-4-5-7-13(12)17-9-8-14(3,16)10-15/h4-7,11H,8-9,16H2,1-3H3. The zero-order valence-electron chi connectivity index (χ0n) is 10.7. The first-order chi connectivity index (χ1) is 7.96. The van der Waals surface area contributed by atoms with Crippen molar-refractivity contribution in [2.45, 2.75) is 38.6 Å². The smallest absolute Gasteiger partial charge is 0.122 e. The molecule has 1 rings (SSSR count). The molecule has 17 heavy (non-hydrogen) atoms. The molecule has 0 amide bonds. The van der Waals surface area contributed by atoms with E-state index >= 15 is 0 Å². The topological polar surface area (TPSA) is 59.0 Å². The Morgan fingerprint density at radius 1 is 1.41 bits per heavy atom. The molecule has 0 saturated heterocycles. The molecule has 1 aromatic rings. The van der Waals surface area contributed by atoms with E-state index in [0.29, 0.717) is 18.9 Å². The molecule has 3 heteroatoms. The fraction of sp³-hybridized carbons (Fsp3) is 0.500. The van der Waals surface area contributed by atoms with Gasteiger partial charge in [-0.15, -0.1) is 0 Å². The van der Waals surface area contributed by atoms with Crippen LogP contribution < -0.4 is 10.5 Å². The Morgan fingerprint density at radius 2 is 2.06 bits per heavy atom. The lowest BCUT2D eigenvalue weighted by Crippen LogP contribution is -2.35. The molecule has 3 nitrogen and oxygen atoms in total. The van der Waals surface area contributed by atoms with Gasteiger partial charge in [-0.25, -0.2) is 0 Å². The van der Waals surface area contributed by atoms with E-state index in [2.05, 4.69) is 26.0 Å². The number of benzene rings is 1. The molecule has 1 unspecified atom stereocenters. The number of hydrogen-bond donors (Lipinski definition) is 1. The van der Waals surface area contributed by atoms with Crippen LogP contribution in [-0.4, -0.2) is 12.1 Å². The molecule has 1 atom stereocenters. The second kappa shape index (κ2) is 5.70. The first-order valence-electron chi connectivity index (χ1n) is 5.88. The number of nitrogens with zero attached hydrogens (tertiary/aromatic N) is 1. The maximum Gasteiger partial charge on any atom is 0.122 e. The Kier molecular flexibility index (Phi) is 4.53. The number of nitriles is 1. The summed E-state index contributed by atoms with van der Waals surface area (Å²) in [5.41, 5.74) is 6.11. The van der Waals surface area contributed by atoms with Crippen molar-refractivity contribution in [1.29, 1.82) is 5.26 Å². The third kappa shape index (κ3) is 4.08. The summed E-state index contributed by atoms with van der Waals surface area (Å²) in [4.78, 5) is 0. The molecule has 92 valence electrons. The zero-order chi connectivity index (χ0) is 12.9. The molecule has 0 aliphatic rings. The molecule has 1 aromatic carbocycles. The van der Waals surface area contributed by atoms with Crippen LogP contribution in [-0.2, 0) is 0 Å². The van der Waals surface area contributed by atoms with Gasteiger partial charge in [0.1, 0.15) is 11.3 Å². The molecule has 0 aromatic heterocycles. The van der Waals surface area contributed by atoms with Crippen molar-refractivity contribution in [2.24, 2.45) is 5.73 Å². The SMILES string of the molecule is CC(C)c1ccccc1OCCC(C)(N)C#N. The summed E-state index contributed by atoms with van der Waals surface area (Å²) in [7, 11) is 0. The normalized spacial score (nSPS) is 14.1. The fourth-order valence-electron chi connectivity index (χ4n) is 1.52. The summed E-state index contributed by atoms with van der Waals surface area (Å²) in [5.74, 6) is 1.31. The summed E-state index contributed by atoms with van der Waals surface area (Å²) < 4.78 is 5.71. The third-order valence-electron chi connectivity index (χ3n) is 2.68.